The SMILES string of the molecule is C[C@@H]1C(=O)N(Cc2csc(Br)c2)C(=O)[C@H]1C. The van der Waals surface area contributed by atoms with Crippen molar-refractivity contribution < 1.29 is 9.59 Å². The van der Waals surface area contributed by atoms with E-state index in [1.807, 2.05) is 25.3 Å². The van der Waals surface area contributed by atoms with Crippen LogP contribution in [0.4, 0.5) is 0 Å². The third-order valence-corrected chi connectivity index (χ3v) is 4.58. The van der Waals surface area contributed by atoms with Gasteiger partial charge in [-0.3, -0.25) is 14.5 Å². The van der Waals surface area contributed by atoms with Crippen molar-refractivity contribution in [3.8, 4) is 0 Å². The van der Waals surface area contributed by atoms with Gasteiger partial charge in [-0.05, 0) is 32.9 Å². The van der Waals surface area contributed by atoms with Gasteiger partial charge in [0, 0.05) is 11.8 Å². The van der Waals surface area contributed by atoms with Gasteiger partial charge in [-0.15, -0.1) is 11.3 Å². The molecule has 2 rings (SSSR count). The molecule has 3 nitrogen and oxygen atoms in total. The zero-order valence-corrected chi connectivity index (χ0v) is 11.5. The van der Waals surface area contributed by atoms with Gasteiger partial charge in [0.1, 0.15) is 0 Å². The quantitative estimate of drug-likeness (QED) is 0.788. The minimum absolute atomic E-state index is 0.0557. The zero-order valence-electron chi connectivity index (χ0n) is 9.07. The summed E-state index contributed by atoms with van der Waals surface area (Å²) in [5.74, 6) is -0.483. The third kappa shape index (κ3) is 1.94. The van der Waals surface area contributed by atoms with Crippen LogP contribution in [-0.2, 0) is 16.1 Å². The van der Waals surface area contributed by atoms with Crippen LogP contribution in [-0.4, -0.2) is 16.7 Å². The number of hydrogen-bond donors (Lipinski definition) is 0. The lowest BCUT2D eigenvalue weighted by atomic mass is 10.00. The highest BCUT2D eigenvalue weighted by Gasteiger charge is 2.41. The fourth-order valence-corrected chi connectivity index (χ4v) is 3.00. The van der Waals surface area contributed by atoms with Gasteiger partial charge in [0.15, 0.2) is 0 Å². The summed E-state index contributed by atoms with van der Waals surface area (Å²) in [7, 11) is 0. The maximum absolute atomic E-state index is 11.8. The van der Waals surface area contributed by atoms with Crippen molar-refractivity contribution in [1.29, 1.82) is 0 Å². The number of likely N-dealkylation sites (tertiary alicyclic amines) is 1. The predicted octanol–water partition coefficient (Wildman–Crippen LogP) is 2.65. The van der Waals surface area contributed by atoms with Gasteiger partial charge in [-0.25, -0.2) is 0 Å². The number of rotatable bonds is 2. The predicted molar refractivity (Wildman–Crippen MR) is 65.9 cm³/mol. The van der Waals surface area contributed by atoms with E-state index < -0.39 is 0 Å². The number of thiophene rings is 1. The first-order valence-electron chi connectivity index (χ1n) is 5.09. The molecule has 5 heteroatoms. The van der Waals surface area contributed by atoms with Crippen molar-refractivity contribution in [2.24, 2.45) is 11.8 Å². The molecule has 1 aliphatic rings. The van der Waals surface area contributed by atoms with Crippen LogP contribution < -0.4 is 0 Å². The molecule has 0 aliphatic carbocycles. The van der Waals surface area contributed by atoms with Gasteiger partial charge in [0.25, 0.3) is 0 Å². The summed E-state index contributed by atoms with van der Waals surface area (Å²) in [5, 5.41) is 1.96. The molecule has 86 valence electrons. The molecule has 0 spiro atoms. The molecule has 1 aliphatic heterocycles. The molecule has 0 N–H and O–H groups in total. The first kappa shape index (κ1) is 11.8. The Balaban J connectivity index is 2.16. The van der Waals surface area contributed by atoms with E-state index in [1.54, 1.807) is 11.3 Å². The Kier molecular flexibility index (Phi) is 3.17. The van der Waals surface area contributed by atoms with Gasteiger partial charge < -0.3 is 0 Å². The largest absolute Gasteiger partial charge is 0.278 e. The van der Waals surface area contributed by atoms with Gasteiger partial charge in [0.05, 0.1) is 10.3 Å². The molecule has 1 fully saturated rings. The topological polar surface area (TPSA) is 37.4 Å². The maximum Gasteiger partial charge on any atom is 0.233 e. The first-order chi connectivity index (χ1) is 7.50. The van der Waals surface area contributed by atoms with Crippen LogP contribution in [0.15, 0.2) is 15.2 Å². The van der Waals surface area contributed by atoms with Crippen molar-refractivity contribution in [3.05, 3.63) is 20.8 Å². The van der Waals surface area contributed by atoms with Crippen LogP contribution in [0.2, 0.25) is 0 Å². The average Bonchev–Trinajstić information content (AvgIpc) is 2.73. The minimum atomic E-state index is -0.186. The minimum Gasteiger partial charge on any atom is -0.278 e. The summed E-state index contributed by atoms with van der Waals surface area (Å²) >= 11 is 4.92. The molecular formula is C11H12BrNO2S. The van der Waals surface area contributed by atoms with E-state index in [1.165, 1.54) is 4.90 Å². The zero-order chi connectivity index (χ0) is 11.9. The van der Waals surface area contributed by atoms with Gasteiger partial charge >= 0.3 is 0 Å². The lowest BCUT2D eigenvalue weighted by Gasteiger charge is -2.13. The van der Waals surface area contributed by atoms with Crippen LogP contribution in [0, 0.1) is 11.8 Å². The highest BCUT2D eigenvalue weighted by molar-refractivity contribution is 9.11. The van der Waals surface area contributed by atoms with Gasteiger partial charge in [0.2, 0.25) is 11.8 Å². The Morgan fingerprint density at radius 1 is 1.31 bits per heavy atom. The summed E-state index contributed by atoms with van der Waals surface area (Å²) in [6.07, 6.45) is 0. The number of halogens is 1. The second-order valence-electron chi connectivity index (χ2n) is 4.10. The molecule has 16 heavy (non-hydrogen) atoms. The fourth-order valence-electron chi connectivity index (χ4n) is 1.80. The molecule has 0 saturated carbocycles. The molecule has 0 unspecified atom stereocenters. The molecule has 0 aromatic carbocycles. The molecule has 1 aromatic rings. The highest BCUT2D eigenvalue weighted by atomic mass is 79.9. The Bertz CT molecular complexity index is 423. The molecule has 2 heterocycles. The van der Waals surface area contributed by atoms with Crippen molar-refractivity contribution in [2.75, 3.05) is 0 Å². The van der Waals surface area contributed by atoms with E-state index in [-0.39, 0.29) is 23.7 Å². The van der Waals surface area contributed by atoms with Crippen molar-refractivity contribution in [3.63, 3.8) is 0 Å². The highest BCUT2D eigenvalue weighted by Crippen LogP contribution is 2.28. The van der Waals surface area contributed by atoms with Crippen LogP contribution in [0.1, 0.15) is 19.4 Å². The average molecular weight is 302 g/mol. The van der Waals surface area contributed by atoms with E-state index in [0.29, 0.717) is 6.54 Å². The number of nitrogens with zero attached hydrogens (tertiary/aromatic N) is 1. The Morgan fingerprint density at radius 3 is 2.31 bits per heavy atom. The molecule has 2 amide bonds. The van der Waals surface area contributed by atoms with Gasteiger partial charge in [-0.1, -0.05) is 13.8 Å². The fraction of sp³-hybridized carbons (Fsp3) is 0.455. The lowest BCUT2D eigenvalue weighted by Crippen LogP contribution is -2.30. The monoisotopic (exact) mass is 301 g/mol. The Hall–Kier alpha value is -0.680. The van der Waals surface area contributed by atoms with Crippen LogP contribution in [0.25, 0.3) is 0 Å². The van der Waals surface area contributed by atoms with Gasteiger partial charge in [-0.2, -0.15) is 0 Å². The normalized spacial score (nSPS) is 25.6. The second-order valence-corrected chi connectivity index (χ2v) is 6.39. The van der Waals surface area contributed by atoms with Crippen molar-refractivity contribution in [1.82, 2.24) is 4.90 Å². The number of carbonyl (C=O) groups excluding carboxylic acids is 2. The first-order valence-corrected chi connectivity index (χ1v) is 6.76. The smallest absolute Gasteiger partial charge is 0.233 e. The summed E-state index contributed by atoms with van der Waals surface area (Å²) < 4.78 is 1.02. The van der Waals surface area contributed by atoms with Crippen LogP contribution in [0.3, 0.4) is 0 Å². The molecular weight excluding hydrogens is 290 g/mol. The van der Waals surface area contributed by atoms with Crippen LogP contribution in [0.5, 0.6) is 0 Å². The molecule has 0 bridgehead atoms. The lowest BCUT2D eigenvalue weighted by molar-refractivity contribution is -0.140. The van der Waals surface area contributed by atoms with E-state index in [4.69, 9.17) is 0 Å². The van der Waals surface area contributed by atoms with Crippen molar-refractivity contribution >= 4 is 39.1 Å². The standard InChI is InChI=1S/C11H12BrNO2S/c1-6-7(2)11(15)13(10(6)14)4-8-3-9(12)16-5-8/h3,5-7H,4H2,1-2H3/t6-,7-/m0/s1. The Labute approximate surface area is 107 Å². The summed E-state index contributed by atoms with van der Waals surface area (Å²) in [5.41, 5.74) is 1.000. The number of amides is 2. The van der Waals surface area contributed by atoms with E-state index in [0.717, 1.165) is 9.35 Å². The second kappa shape index (κ2) is 4.30. The van der Waals surface area contributed by atoms with E-state index in [9.17, 15) is 9.59 Å². The molecule has 1 aromatic heterocycles. The summed E-state index contributed by atoms with van der Waals surface area (Å²) in [4.78, 5) is 25.0. The Morgan fingerprint density at radius 2 is 1.88 bits per heavy atom. The van der Waals surface area contributed by atoms with E-state index in [2.05, 4.69) is 15.9 Å². The number of hydrogen-bond acceptors (Lipinski definition) is 3. The maximum atomic E-state index is 11.8. The van der Waals surface area contributed by atoms with Crippen molar-refractivity contribution in [2.45, 2.75) is 20.4 Å². The number of carbonyl (C=O) groups is 2. The van der Waals surface area contributed by atoms with Crippen LogP contribution >= 0.6 is 27.3 Å². The number of imide groups is 1. The summed E-state index contributed by atoms with van der Waals surface area (Å²) in [6, 6.07) is 1.94. The third-order valence-electron chi connectivity index (χ3n) is 3.02. The molecule has 2 atom stereocenters. The molecule has 1 saturated heterocycles. The van der Waals surface area contributed by atoms with E-state index >= 15 is 0 Å². The molecule has 0 radical (unpaired) electrons. The summed E-state index contributed by atoms with van der Waals surface area (Å²) in [6.45, 7) is 4.03.